The summed E-state index contributed by atoms with van der Waals surface area (Å²) in [6.07, 6.45) is -0.762. The van der Waals surface area contributed by atoms with E-state index in [-0.39, 0.29) is 81.6 Å². The number of nitrogens with zero attached hydrogens (tertiary/aromatic N) is 4. The molecule has 2 heterocycles. The summed E-state index contributed by atoms with van der Waals surface area (Å²) >= 11 is 0. The van der Waals surface area contributed by atoms with Crippen molar-refractivity contribution in [3.05, 3.63) is 94.1 Å². The molecule has 11 heteroatoms. The molecule has 7 nitrogen and oxygen atoms in total. The zero-order chi connectivity index (χ0) is 29.5. The van der Waals surface area contributed by atoms with Crippen LogP contribution in [0.15, 0.2) is 60.8 Å². The topological polar surface area (TPSA) is 71.8 Å². The number of piperazine rings is 1. The van der Waals surface area contributed by atoms with Crippen LogP contribution in [0.3, 0.4) is 0 Å². The van der Waals surface area contributed by atoms with E-state index in [1.165, 1.54) is 6.07 Å². The Kier molecular flexibility index (Phi) is 12.2. The first kappa shape index (κ1) is 33.6. The molecule has 2 aromatic carbocycles. The van der Waals surface area contributed by atoms with Crippen molar-refractivity contribution in [1.29, 1.82) is 0 Å². The Balaban J connectivity index is 0.00000423. The summed E-state index contributed by atoms with van der Waals surface area (Å²) < 4.78 is 41.7. The van der Waals surface area contributed by atoms with Crippen molar-refractivity contribution in [3.63, 3.8) is 0 Å². The average molecular weight is 616 g/mol. The molecule has 1 saturated heterocycles. The molecule has 0 spiro atoms. The third-order valence-electron chi connectivity index (χ3n) is 7.25. The Labute approximate surface area is 292 Å². The fourth-order valence-electron chi connectivity index (χ4n) is 4.62. The van der Waals surface area contributed by atoms with E-state index >= 15 is 0 Å². The van der Waals surface area contributed by atoms with Crippen LogP contribution in [0.1, 0.15) is 47.6 Å². The number of likely N-dealkylation sites (N-methyl/N-ethyl adjacent to an activating group) is 1. The summed E-state index contributed by atoms with van der Waals surface area (Å²) in [5, 5.41) is 2.62. The van der Waals surface area contributed by atoms with Gasteiger partial charge in [-0.05, 0) is 48.0 Å². The predicted octanol–water partition coefficient (Wildman–Crippen LogP) is 2.65. The van der Waals surface area contributed by atoms with Gasteiger partial charge in [0.05, 0.1) is 12.0 Å². The van der Waals surface area contributed by atoms with Gasteiger partial charge >= 0.3 is 57.6 Å². The van der Waals surface area contributed by atoms with Crippen LogP contribution in [0.2, 0.25) is 0 Å². The van der Waals surface area contributed by atoms with Crippen LogP contribution in [-0.2, 0) is 23.9 Å². The molecular weight excluding hydrogens is 582 g/mol. The monoisotopic (exact) mass is 615 g/mol. The molecule has 0 radical (unpaired) electrons. The summed E-state index contributed by atoms with van der Waals surface area (Å²) in [5.41, 5.74) is 5.87. The summed E-state index contributed by atoms with van der Waals surface area (Å²) in [6, 6.07) is 15.0. The zero-order valence-corrected chi connectivity index (χ0v) is 27.6. The smallest absolute Gasteiger partial charge is 0.573 e. The van der Waals surface area contributed by atoms with E-state index in [1.807, 2.05) is 4.90 Å². The molecule has 1 aliphatic carbocycles. The van der Waals surface area contributed by atoms with E-state index < -0.39 is 17.6 Å². The van der Waals surface area contributed by atoms with Crippen LogP contribution in [0.25, 0.3) is 5.48 Å². The number of carbonyl (C=O) groups excluding carboxylic acids is 1. The molecule has 1 N–H and O–H groups in total. The van der Waals surface area contributed by atoms with Crippen molar-refractivity contribution in [2.75, 3.05) is 38.0 Å². The molecule has 3 aromatic rings. The Morgan fingerprint density at radius 2 is 1.67 bits per heavy atom. The number of halogens is 3. The number of nitrogens with one attached hydrogen (secondary N) is 1. The van der Waals surface area contributed by atoms with Gasteiger partial charge < -0.3 is 20.5 Å². The van der Waals surface area contributed by atoms with Crippen molar-refractivity contribution in [2.45, 2.75) is 44.9 Å². The third kappa shape index (κ3) is 10.4. The SMILES string of the molecule is CCN1CCN(Cc2ccc(NC(=O)Cc3ccc(C#Cc4ccc(O[N-]C5CC5)nc4)cc3)cc2C(F)(F)F)CC1.[K+]. The molecule has 43 heavy (non-hydrogen) atoms. The molecule has 5 rings (SSSR count). The van der Waals surface area contributed by atoms with Gasteiger partial charge in [0.15, 0.2) is 5.88 Å². The summed E-state index contributed by atoms with van der Waals surface area (Å²) in [4.78, 5) is 26.4. The number of carbonyl (C=O) groups is 1. The minimum Gasteiger partial charge on any atom is -0.573 e. The van der Waals surface area contributed by atoms with Gasteiger partial charge in [0.1, 0.15) is 0 Å². The zero-order valence-electron chi connectivity index (χ0n) is 24.5. The van der Waals surface area contributed by atoms with Gasteiger partial charge in [0, 0.05) is 61.8 Å². The molecule has 2 aliphatic rings. The quantitative estimate of drug-likeness (QED) is 0.228. The van der Waals surface area contributed by atoms with Gasteiger partial charge in [-0.3, -0.25) is 9.69 Å². The molecule has 220 valence electrons. The largest absolute Gasteiger partial charge is 1.00 e. The van der Waals surface area contributed by atoms with Gasteiger partial charge in [-0.15, -0.1) is 6.04 Å². The summed E-state index contributed by atoms with van der Waals surface area (Å²) in [6.45, 7) is 6.39. The van der Waals surface area contributed by atoms with Crippen molar-refractivity contribution < 1.29 is 74.2 Å². The Hall–Kier alpha value is -2.27. The molecule has 0 bridgehead atoms. The second-order valence-electron chi connectivity index (χ2n) is 10.6. The molecule has 1 aliphatic heterocycles. The van der Waals surface area contributed by atoms with Crippen LogP contribution in [-0.4, -0.2) is 59.5 Å². The van der Waals surface area contributed by atoms with Crippen LogP contribution in [0, 0.1) is 11.8 Å². The summed E-state index contributed by atoms with van der Waals surface area (Å²) in [7, 11) is 0. The average Bonchev–Trinajstić information content (AvgIpc) is 3.82. The van der Waals surface area contributed by atoms with Crippen molar-refractivity contribution in [2.24, 2.45) is 0 Å². The van der Waals surface area contributed by atoms with E-state index in [4.69, 9.17) is 4.84 Å². The van der Waals surface area contributed by atoms with Crippen molar-refractivity contribution in [3.8, 4) is 17.7 Å². The molecule has 0 unspecified atom stereocenters. The number of anilines is 1. The fraction of sp³-hybridized carbons (Fsp3) is 0.375. The number of rotatable bonds is 9. The number of hydroxylamine groups is 1. The second-order valence-corrected chi connectivity index (χ2v) is 10.6. The minimum absolute atomic E-state index is 0. The van der Waals surface area contributed by atoms with Crippen molar-refractivity contribution >= 4 is 11.6 Å². The van der Waals surface area contributed by atoms with E-state index in [1.54, 1.807) is 48.7 Å². The number of hydrogen-bond donors (Lipinski definition) is 1. The van der Waals surface area contributed by atoms with Crippen LogP contribution in [0.4, 0.5) is 18.9 Å². The predicted molar refractivity (Wildman–Crippen MR) is 155 cm³/mol. The maximum Gasteiger partial charge on any atom is 1.00 e. The first-order valence-electron chi connectivity index (χ1n) is 14.1. The van der Waals surface area contributed by atoms with E-state index in [0.717, 1.165) is 68.3 Å². The maximum absolute atomic E-state index is 13.9. The van der Waals surface area contributed by atoms with E-state index in [2.05, 4.69) is 39.4 Å². The minimum atomic E-state index is -4.52. The number of pyridine rings is 1. The maximum atomic E-state index is 13.9. The molecule has 2 fully saturated rings. The van der Waals surface area contributed by atoms with Gasteiger partial charge in [-0.1, -0.05) is 49.8 Å². The first-order valence-corrected chi connectivity index (χ1v) is 14.1. The number of alkyl halides is 3. The molecule has 1 amide bonds. The van der Waals surface area contributed by atoms with Gasteiger partial charge in [0.25, 0.3) is 0 Å². The summed E-state index contributed by atoms with van der Waals surface area (Å²) in [5.74, 6) is 6.13. The Morgan fingerprint density at radius 1 is 1.00 bits per heavy atom. The molecule has 1 saturated carbocycles. The standard InChI is InChI=1S/C32H33F3N5O2.K/c1-2-39-15-17-40(18-16-39)22-26-10-11-28(20-29(26)32(33,34)35)37-30(41)19-24-6-3-23(4-7-24)5-8-25-9-14-31(36-21-25)42-38-27-12-13-27;/h3-4,6-7,9-11,14,20-21,27H,2,12-13,15-19,22H2,1H3,(H,37,41);/q-1;+1. The molecule has 1 aromatic heterocycles. The second kappa shape index (κ2) is 15.6. The fourth-order valence-corrected chi connectivity index (χ4v) is 4.62. The van der Waals surface area contributed by atoms with Crippen LogP contribution >= 0.6 is 0 Å². The van der Waals surface area contributed by atoms with E-state index in [0.29, 0.717) is 5.88 Å². The molecule has 0 atom stereocenters. The number of amides is 1. The number of benzene rings is 2. The van der Waals surface area contributed by atoms with Gasteiger partial charge in [-0.25, -0.2) is 4.98 Å². The van der Waals surface area contributed by atoms with E-state index in [9.17, 15) is 18.0 Å². The number of hydrogen-bond acceptors (Lipinski definition) is 5. The van der Waals surface area contributed by atoms with Gasteiger partial charge in [0.2, 0.25) is 5.91 Å². The van der Waals surface area contributed by atoms with Crippen LogP contribution < -0.4 is 61.5 Å². The Morgan fingerprint density at radius 3 is 2.30 bits per heavy atom. The normalized spacial score (nSPS) is 15.6. The molecular formula is C32H33F3KN5O2. The number of aromatic nitrogens is 1. The Bertz CT molecular complexity index is 1430. The van der Waals surface area contributed by atoms with Crippen LogP contribution in [0.5, 0.6) is 5.88 Å². The van der Waals surface area contributed by atoms with Crippen molar-refractivity contribution in [1.82, 2.24) is 14.8 Å². The first-order chi connectivity index (χ1) is 20.2. The van der Waals surface area contributed by atoms with Gasteiger partial charge in [-0.2, -0.15) is 13.2 Å². The third-order valence-corrected chi connectivity index (χ3v) is 7.25.